The zero-order valence-electron chi connectivity index (χ0n) is 7.86. The summed E-state index contributed by atoms with van der Waals surface area (Å²) >= 11 is 0. The summed E-state index contributed by atoms with van der Waals surface area (Å²) < 4.78 is 5.44. The van der Waals surface area contributed by atoms with E-state index < -0.39 is 0 Å². The molecule has 1 aromatic rings. The molecule has 72 valence electrons. The van der Waals surface area contributed by atoms with Crippen molar-refractivity contribution in [2.24, 2.45) is 11.7 Å². The molecule has 0 spiro atoms. The first-order valence-corrected chi connectivity index (χ1v) is 4.83. The van der Waals surface area contributed by atoms with Crippen molar-refractivity contribution >= 4 is 0 Å². The van der Waals surface area contributed by atoms with E-state index in [-0.39, 0.29) is 0 Å². The van der Waals surface area contributed by atoms with Crippen LogP contribution in [0.15, 0.2) is 4.42 Å². The third kappa shape index (κ3) is 1.58. The predicted octanol–water partition coefficient (Wildman–Crippen LogP) is 1.43. The van der Waals surface area contributed by atoms with Crippen LogP contribution in [0.2, 0.25) is 0 Å². The summed E-state index contributed by atoms with van der Waals surface area (Å²) in [5.41, 5.74) is 5.40. The molecular weight excluding hydrogens is 166 g/mol. The van der Waals surface area contributed by atoms with Crippen LogP contribution in [0.25, 0.3) is 0 Å². The topological polar surface area (TPSA) is 64.9 Å². The van der Waals surface area contributed by atoms with E-state index in [2.05, 4.69) is 17.1 Å². The SMILES string of the molecule is CC1CCCC1c1nnc(CN)o1. The Morgan fingerprint density at radius 2 is 2.31 bits per heavy atom. The molecule has 2 atom stereocenters. The van der Waals surface area contributed by atoms with Crippen LogP contribution in [-0.2, 0) is 6.54 Å². The van der Waals surface area contributed by atoms with Crippen molar-refractivity contribution in [2.45, 2.75) is 38.6 Å². The van der Waals surface area contributed by atoms with Gasteiger partial charge >= 0.3 is 0 Å². The Kier molecular flexibility index (Phi) is 2.31. The molecule has 0 bridgehead atoms. The first kappa shape index (κ1) is 8.69. The van der Waals surface area contributed by atoms with Gasteiger partial charge in [0.2, 0.25) is 11.8 Å². The molecule has 0 saturated heterocycles. The highest BCUT2D eigenvalue weighted by molar-refractivity contribution is 4.97. The minimum Gasteiger partial charge on any atom is -0.424 e. The standard InChI is InChI=1S/C9H15N3O/c1-6-3-2-4-7(6)9-12-11-8(5-10)13-9/h6-7H,2-5,10H2,1H3. The third-order valence-electron chi connectivity index (χ3n) is 2.84. The first-order chi connectivity index (χ1) is 6.31. The Balaban J connectivity index is 2.15. The van der Waals surface area contributed by atoms with E-state index in [1.807, 2.05) is 0 Å². The summed E-state index contributed by atoms with van der Waals surface area (Å²) in [4.78, 5) is 0. The van der Waals surface area contributed by atoms with Gasteiger partial charge in [0.05, 0.1) is 6.54 Å². The number of nitrogens with two attached hydrogens (primary N) is 1. The minimum absolute atomic E-state index is 0.341. The second kappa shape index (κ2) is 3.46. The molecule has 2 N–H and O–H groups in total. The Hall–Kier alpha value is -0.900. The van der Waals surface area contributed by atoms with Gasteiger partial charge in [-0.05, 0) is 18.8 Å². The number of nitrogens with zero attached hydrogens (tertiary/aromatic N) is 2. The van der Waals surface area contributed by atoms with E-state index in [1.165, 1.54) is 19.3 Å². The Bertz CT molecular complexity index is 284. The summed E-state index contributed by atoms with van der Waals surface area (Å²) in [5, 5.41) is 7.89. The molecule has 0 aliphatic heterocycles. The third-order valence-corrected chi connectivity index (χ3v) is 2.84. The van der Waals surface area contributed by atoms with Crippen molar-refractivity contribution in [3.63, 3.8) is 0 Å². The molecule has 1 aromatic heterocycles. The summed E-state index contributed by atoms with van der Waals surface area (Å²) in [6.45, 7) is 2.58. The number of aromatic nitrogens is 2. The highest BCUT2D eigenvalue weighted by Crippen LogP contribution is 2.38. The molecule has 2 unspecified atom stereocenters. The molecular formula is C9H15N3O. The molecule has 1 fully saturated rings. The van der Waals surface area contributed by atoms with E-state index in [4.69, 9.17) is 10.2 Å². The van der Waals surface area contributed by atoms with Gasteiger partial charge in [0.25, 0.3) is 0 Å². The van der Waals surface area contributed by atoms with Gasteiger partial charge in [-0.15, -0.1) is 10.2 Å². The fourth-order valence-electron chi connectivity index (χ4n) is 2.01. The van der Waals surface area contributed by atoms with Gasteiger partial charge < -0.3 is 10.2 Å². The number of rotatable bonds is 2. The average molecular weight is 181 g/mol. The van der Waals surface area contributed by atoms with Crippen molar-refractivity contribution in [3.8, 4) is 0 Å². The van der Waals surface area contributed by atoms with Crippen LogP contribution in [0.5, 0.6) is 0 Å². The highest BCUT2D eigenvalue weighted by Gasteiger charge is 2.29. The molecule has 1 saturated carbocycles. The fraction of sp³-hybridized carbons (Fsp3) is 0.778. The van der Waals surface area contributed by atoms with Crippen LogP contribution in [-0.4, -0.2) is 10.2 Å². The van der Waals surface area contributed by atoms with Crippen LogP contribution in [0, 0.1) is 5.92 Å². The van der Waals surface area contributed by atoms with Crippen LogP contribution >= 0.6 is 0 Å². The van der Waals surface area contributed by atoms with Crippen molar-refractivity contribution < 1.29 is 4.42 Å². The van der Waals surface area contributed by atoms with Crippen LogP contribution in [0.3, 0.4) is 0 Å². The van der Waals surface area contributed by atoms with Gasteiger partial charge in [0.1, 0.15) is 0 Å². The van der Waals surface area contributed by atoms with Crippen molar-refractivity contribution in [2.75, 3.05) is 0 Å². The minimum atomic E-state index is 0.341. The Labute approximate surface area is 77.5 Å². The molecule has 4 heteroatoms. The van der Waals surface area contributed by atoms with Gasteiger partial charge in [-0.25, -0.2) is 0 Å². The summed E-state index contributed by atoms with van der Waals surface area (Å²) in [7, 11) is 0. The molecule has 2 rings (SSSR count). The molecule has 1 heterocycles. The monoisotopic (exact) mass is 181 g/mol. The largest absolute Gasteiger partial charge is 0.424 e. The zero-order chi connectivity index (χ0) is 9.26. The second-order valence-electron chi connectivity index (χ2n) is 3.75. The van der Waals surface area contributed by atoms with Gasteiger partial charge in [-0.2, -0.15) is 0 Å². The van der Waals surface area contributed by atoms with E-state index in [0.717, 1.165) is 5.89 Å². The number of hydrogen-bond donors (Lipinski definition) is 1. The van der Waals surface area contributed by atoms with Crippen LogP contribution in [0.1, 0.15) is 43.9 Å². The summed E-state index contributed by atoms with van der Waals surface area (Å²) in [6.07, 6.45) is 3.71. The molecule has 0 radical (unpaired) electrons. The van der Waals surface area contributed by atoms with Crippen molar-refractivity contribution in [1.82, 2.24) is 10.2 Å². The van der Waals surface area contributed by atoms with Crippen molar-refractivity contribution in [3.05, 3.63) is 11.8 Å². The lowest BCUT2D eigenvalue weighted by Crippen LogP contribution is -2.02. The second-order valence-corrected chi connectivity index (χ2v) is 3.75. The van der Waals surface area contributed by atoms with Gasteiger partial charge in [0.15, 0.2) is 0 Å². The molecule has 1 aliphatic carbocycles. The maximum atomic E-state index is 5.44. The normalized spacial score (nSPS) is 28.2. The first-order valence-electron chi connectivity index (χ1n) is 4.83. The van der Waals surface area contributed by atoms with E-state index in [9.17, 15) is 0 Å². The quantitative estimate of drug-likeness (QED) is 0.749. The lowest BCUT2D eigenvalue weighted by molar-refractivity contribution is 0.381. The lowest BCUT2D eigenvalue weighted by Gasteiger charge is -2.08. The average Bonchev–Trinajstić information content (AvgIpc) is 2.71. The molecule has 13 heavy (non-hydrogen) atoms. The highest BCUT2D eigenvalue weighted by atomic mass is 16.4. The molecule has 0 aromatic carbocycles. The smallest absolute Gasteiger partial charge is 0.230 e. The summed E-state index contributed by atoms with van der Waals surface area (Å²) in [5.74, 6) is 2.47. The maximum Gasteiger partial charge on any atom is 0.230 e. The summed E-state index contributed by atoms with van der Waals surface area (Å²) in [6, 6.07) is 0. The van der Waals surface area contributed by atoms with Gasteiger partial charge in [0, 0.05) is 5.92 Å². The Morgan fingerprint density at radius 3 is 2.85 bits per heavy atom. The molecule has 0 amide bonds. The van der Waals surface area contributed by atoms with E-state index in [1.54, 1.807) is 0 Å². The molecule has 4 nitrogen and oxygen atoms in total. The van der Waals surface area contributed by atoms with Crippen LogP contribution < -0.4 is 5.73 Å². The van der Waals surface area contributed by atoms with Crippen LogP contribution in [0.4, 0.5) is 0 Å². The van der Waals surface area contributed by atoms with Gasteiger partial charge in [-0.3, -0.25) is 0 Å². The van der Waals surface area contributed by atoms with E-state index >= 15 is 0 Å². The predicted molar refractivity (Wildman–Crippen MR) is 47.9 cm³/mol. The lowest BCUT2D eigenvalue weighted by atomic mass is 9.98. The zero-order valence-corrected chi connectivity index (χ0v) is 7.86. The maximum absolute atomic E-state index is 5.44. The molecule has 1 aliphatic rings. The van der Waals surface area contributed by atoms with E-state index in [0.29, 0.717) is 24.3 Å². The van der Waals surface area contributed by atoms with Gasteiger partial charge in [-0.1, -0.05) is 13.3 Å². The Morgan fingerprint density at radius 1 is 1.46 bits per heavy atom. The van der Waals surface area contributed by atoms with Crippen molar-refractivity contribution in [1.29, 1.82) is 0 Å². The fourth-order valence-corrected chi connectivity index (χ4v) is 2.01. The number of hydrogen-bond acceptors (Lipinski definition) is 4.